The molecule has 0 bridgehead atoms. The zero-order valence-corrected chi connectivity index (χ0v) is 23.0. The summed E-state index contributed by atoms with van der Waals surface area (Å²) in [5.41, 5.74) is 0.0392. The van der Waals surface area contributed by atoms with Crippen LogP contribution in [0.15, 0.2) is 30.3 Å². The van der Waals surface area contributed by atoms with Crippen molar-refractivity contribution in [2.75, 3.05) is 39.3 Å². The van der Waals surface area contributed by atoms with E-state index < -0.39 is 23.4 Å². The number of rotatable bonds is 2. The molecule has 10 heteroatoms. The molecule has 4 amide bonds. The highest BCUT2D eigenvalue weighted by molar-refractivity contribution is 5.83. The first-order valence-corrected chi connectivity index (χ1v) is 12.8. The minimum Gasteiger partial charge on any atom is -0.444 e. The van der Waals surface area contributed by atoms with Gasteiger partial charge in [-0.3, -0.25) is 19.4 Å². The molecule has 0 atom stereocenters. The molecule has 2 aliphatic rings. The Hall–Kier alpha value is -3.30. The maximum Gasteiger partial charge on any atom is 0.410 e. The second-order valence-electron chi connectivity index (χ2n) is 11.2. The topological polar surface area (TPSA) is 108 Å². The molecule has 37 heavy (non-hydrogen) atoms. The third-order valence-corrected chi connectivity index (χ3v) is 5.32. The molecule has 1 aromatic rings. The molecular weight excluding hydrogens is 476 g/mol. The highest BCUT2D eigenvalue weighted by Gasteiger charge is 2.28. The van der Waals surface area contributed by atoms with Crippen LogP contribution in [0.1, 0.15) is 59.9 Å². The van der Waals surface area contributed by atoms with Gasteiger partial charge in [-0.1, -0.05) is 30.3 Å². The lowest BCUT2D eigenvalue weighted by atomic mass is 10.2. The molecule has 3 rings (SSSR count). The Labute approximate surface area is 220 Å². The molecule has 1 N–H and O–H groups in total. The van der Waals surface area contributed by atoms with Crippen LogP contribution in [0, 0.1) is 0 Å². The fourth-order valence-corrected chi connectivity index (χ4v) is 3.66. The van der Waals surface area contributed by atoms with Crippen LogP contribution in [0.3, 0.4) is 0 Å². The van der Waals surface area contributed by atoms with Gasteiger partial charge >= 0.3 is 12.2 Å². The average molecular weight is 519 g/mol. The minimum atomic E-state index is -0.545. The molecular formula is C27H42N4O6. The molecule has 0 spiro atoms. The Bertz CT molecular complexity index is 923. The van der Waals surface area contributed by atoms with Gasteiger partial charge in [0.15, 0.2) is 0 Å². The number of nitrogens with zero attached hydrogens (tertiary/aromatic N) is 3. The normalized spacial score (nSPS) is 17.1. The predicted octanol–water partition coefficient (Wildman–Crippen LogP) is 3.40. The number of amides is 4. The van der Waals surface area contributed by atoms with Crippen LogP contribution < -0.4 is 5.32 Å². The Morgan fingerprint density at radius 3 is 1.92 bits per heavy atom. The molecule has 0 saturated carbocycles. The van der Waals surface area contributed by atoms with Crippen molar-refractivity contribution in [1.29, 1.82) is 0 Å². The van der Waals surface area contributed by atoms with Crippen LogP contribution in [0.25, 0.3) is 0 Å². The predicted molar refractivity (Wildman–Crippen MR) is 140 cm³/mol. The number of carbonyl (C=O) groups is 4. The highest BCUT2D eigenvalue weighted by atomic mass is 16.6. The van der Waals surface area contributed by atoms with Crippen molar-refractivity contribution in [3.63, 3.8) is 0 Å². The molecule has 2 heterocycles. The second kappa shape index (κ2) is 13.3. The van der Waals surface area contributed by atoms with Crippen LogP contribution >= 0.6 is 0 Å². The van der Waals surface area contributed by atoms with E-state index in [1.807, 2.05) is 71.9 Å². The SMILES string of the molecule is CC(C)(C)OC(=O)N1CCCN(Cc2ccccc2)C(=O)C1.CC(C)(C)OC(=O)N1CCCNC(=O)C1. The lowest BCUT2D eigenvalue weighted by molar-refractivity contribution is -0.131. The number of carbonyl (C=O) groups excluding carboxylic acids is 4. The first-order chi connectivity index (χ1) is 17.2. The van der Waals surface area contributed by atoms with Gasteiger partial charge < -0.3 is 19.7 Å². The van der Waals surface area contributed by atoms with Crippen molar-refractivity contribution in [2.45, 2.75) is 72.1 Å². The monoisotopic (exact) mass is 518 g/mol. The maximum atomic E-state index is 12.4. The third-order valence-electron chi connectivity index (χ3n) is 5.32. The van der Waals surface area contributed by atoms with Crippen LogP contribution in [-0.2, 0) is 25.6 Å². The molecule has 2 fully saturated rings. The van der Waals surface area contributed by atoms with E-state index in [2.05, 4.69) is 5.32 Å². The van der Waals surface area contributed by atoms with Crippen LogP contribution in [0.2, 0.25) is 0 Å². The average Bonchev–Trinajstić information content (AvgIpc) is 3.11. The lowest BCUT2D eigenvalue weighted by Gasteiger charge is -2.26. The summed E-state index contributed by atoms with van der Waals surface area (Å²) in [6.07, 6.45) is 0.699. The number of hydrogen-bond acceptors (Lipinski definition) is 6. The Balaban J connectivity index is 0.000000281. The molecule has 0 aliphatic carbocycles. The number of hydrogen-bond donors (Lipinski definition) is 1. The Kier molecular flexibility index (Phi) is 10.8. The Morgan fingerprint density at radius 1 is 0.811 bits per heavy atom. The number of nitrogens with one attached hydrogen (secondary N) is 1. The first kappa shape index (κ1) is 29.9. The lowest BCUT2D eigenvalue weighted by Crippen LogP contribution is -2.41. The van der Waals surface area contributed by atoms with Gasteiger partial charge in [-0.05, 0) is 59.9 Å². The zero-order chi connectivity index (χ0) is 27.6. The molecule has 0 aromatic heterocycles. The third kappa shape index (κ3) is 11.5. The first-order valence-electron chi connectivity index (χ1n) is 12.8. The molecule has 2 saturated heterocycles. The summed E-state index contributed by atoms with van der Waals surface area (Å²) >= 11 is 0. The van der Waals surface area contributed by atoms with Crippen molar-refractivity contribution in [2.24, 2.45) is 0 Å². The van der Waals surface area contributed by atoms with E-state index in [4.69, 9.17) is 9.47 Å². The molecule has 10 nitrogen and oxygen atoms in total. The summed E-state index contributed by atoms with van der Waals surface area (Å²) in [6.45, 7) is 14.1. The van der Waals surface area contributed by atoms with Crippen molar-refractivity contribution < 1.29 is 28.7 Å². The van der Waals surface area contributed by atoms with E-state index in [0.29, 0.717) is 32.7 Å². The maximum absolute atomic E-state index is 12.4. The van der Waals surface area contributed by atoms with Gasteiger partial charge in [-0.2, -0.15) is 0 Å². The highest BCUT2D eigenvalue weighted by Crippen LogP contribution is 2.14. The molecule has 0 radical (unpaired) electrons. The fraction of sp³-hybridized carbons (Fsp3) is 0.630. The molecule has 206 valence electrons. The van der Waals surface area contributed by atoms with Crippen LogP contribution in [0.5, 0.6) is 0 Å². The van der Waals surface area contributed by atoms with Gasteiger partial charge in [-0.15, -0.1) is 0 Å². The number of benzene rings is 1. The molecule has 0 unspecified atom stereocenters. The van der Waals surface area contributed by atoms with E-state index >= 15 is 0 Å². The van der Waals surface area contributed by atoms with Gasteiger partial charge in [0.1, 0.15) is 24.3 Å². The van der Waals surface area contributed by atoms with Crippen LogP contribution in [-0.4, -0.2) is 89.2 Å². The summed E-state index contributed by atoms with van der Waals surface area (Å²) in [4.78, 5) is 52.1. The summed E-state index contributed by atoms with van der Waals surface area (Å²) in [5.74, 6) is -0.162. The molecule has 1 aromatic carbocycles. The van der Waals surface area contributed by atoms with Gasteiger partial charge in [-0.25, -0.2) is 9.59 Å². The smallest absolute Gasteiger partial charge is 0.410 e. The fourth-order valence-electron chi connectivity index (χ4n) is 3.66. The van der Waals surface area contributed by atoms with Gasteiger partial charge in [0, 0.05) is 32.7 Å². The van der Waals surface area contributed by atoms with Crippen molar-refractivity contribution in [1.82, 2.24) is 20.0 Å². The second-order valence-corrected chi connectivity index (χ2v) is 11.2. The van der Waals surface area contributed by atoms with Gasteiger partial charge in [0.05, 0.1) is 0 Å². The van der Waals surface area contributed by atoms with Crippen LogP contribution in [0.4, 0.5) is 9.59 Å². The summed E-state index contributed by atoms with van der Waals surface area (Å²) in [7, 11) is 0. The standard InChI is InChI=1S/C17H24N2O3.C10H18N2O3/c1-17(2,3)22-16(21)19-11-7-10-18(15(20)13-19)12-14-8-5-4-6-9-14;1-10(2,3)15-9(14)12-6-4-5-11-8(13)7-12/h4-6,8-9H,7,10-13H2,1-3H3;4-7H2,1-3H3,(H,11,13). The minimum absolute atomic E-state index is 0.0350. The summed E-state index contributed by atoms with van der Waals surface area (Å²) in [5, 5.41) is 2.70. The zero-order valence-electron chi connectivity index (χ0n) is 23.0. The largest absolute Gasteiger partial charge is 0.444 e. The summed E-state index contributed by atoms with van der Waals surface area (Å²) < 4.78 is 10.5. The van der Waals surface area contributed by atoms with Crippen molar-refractivity contribution >= 4 is 24.0 Å². The van der Waals surface area contributed by atoms with Crippen molar-refractivity contribution in [3.05, 3.63) is 35.9 Å². The van der Waals surface area contributed by atoms with E-state index in [1.54, 1.807) is 4.90 Å². The van der Waals surface area contributed by atoms with E-state index in [0.717, 1.165) is 18.4 Å². The van der Waals surface area contributed by atoms with Crippen molar-refractivity contribution in [3.8, 4) is 0 Å². The number of ether oxygens (including phenoxy) is 2. The quantitative estimate of drug-likeness (QED) is 0.643. The molecule has 2 aliphatic heterocycles. The van der Waals surface area contributed by atoms with Gasteiger partial charge in [0.2, 0.25) is 11.8 Å². The Morgan fingerprint density at radius 2 is 1.35 bits per heavy atom. The van der Waals surface area contributed by atoms with Gasteiger partial charge in [0.25, 0.3) is 0 Å². The van der Waals surface area contributed by atoms with E-state index in [9.17, 15) is 19.2 Å². The summed E-state index contributed by atoms with van der Waals surface area (Å²) in [6, 6.07) is 9.89. The van der Waals surface area contributed by atoms with E-state index in [-0.39, 0.29) is 24.9 Å². The van der Waals surface area contributed by atoms with E-state index in [1.165, 1.54) is 9.80 Å².